The van der Waals surface area contributed by atoms with Crippen molar-refractivity contribution in [1.29, 1.82) is 0 Å². The lowest BCUT2D eigenvalue weighted by molar-refractivity contribution is -0.266. The van der Waals surface area contributed by atoms with Crippen LogP contribution >= 0.6 is 0 Å². The zero-order valence-corrected chi connectivity index (χ0v) is 9.81. The first kappa shape index (κ1) is 13.7. The Balaban J connectivity index is 2.89. The number of ether oxygens (including phenoxy) is 3. The van der Waals surface area contributed by atoms with Gasteiger partial charge in [0.05, 0.1) is 12.1 Å². The molecule has 1 rings (SSSR count). The molecule has 0 bridgehead atoms. The van der Waals surface area contributed by atoms with Crippen molar-refractivity contribution >= 4 is 5.97 Å². The third-order valence-corrected chi connectivity index (χ3v) is 2.50. The highest BCUT2D eigenvalue weighted by atomic mass is 16.7. The van der Waals surface area contributed by atoms with Crippen molar-refractivity contribution in [3.05, 3.63) is 10.4 Å². The van der Waals surface area contributed by atoms with Crippen molar-refractivity contribution in [2.24, 2.45) is 5.11 Å². The van der Waals surface area contributed by atoms with Crippen LogP contribution in [0.3, 0.4) is 0 Å². The Morgan fingerprint density at radius 1 is 1.59 bits per heavy atom. The minimum atomic E-state index is -1.16. The molecular formula is C9H15N3O5. The number of hydrogen-bond donors (Lipinski definition) is 1. The Labute approximate surface area is 98.1 Å². The summed E-state index contributed by atoms with van der Waals surface area (Å²) in [6.45, 7) is 2.85. The highest BCUT2D eigenvalue weighted by molar-refractivity contribution is 5.66. The largest absolute Gasteiger partial charge is 0.454 e. The topological polar surface area (TPSA) is 114 Å². The van der Waals surface area contributed by atoms with E-state index >= 15 is 0 Å². The lowest BCUT2D eigenvalue weighted by Gasteiger charge is -2.40. The van der Waals surface area contributed by atoms with E-state index < -0.39 is 36.6 Å². The van der Waals surface area contributed by atoms with Gasteiger partial charge in [-0.05, 0) is 12.5 Å². The standard InChI is InChI=1S/C9H15N3O5/c1-4-6(11-12-10)7(14)8(17-5(2)13)9(15-3)16-4/h4,6-9,14H,1-3H3/t4-,6-,7+,8-,9+/m1/s1. The van der Waals surface area contributed by atoms with E-state index in [9.17, 15) is 9.90 Å². The molecule has 1 saturated heterocycles. The molecule has 1 aliphatic rings. The summed E-state index contributed by atoms with van der Waals surface area (Å²) in [6.07, 6.45) is -3.58. The Kier molecular flexibility index (Phi) is 4.71. The molecule has 8 heteroatoms. The molecule has 5 atom stereocenters. The van der Waals surface area contributed by atoms with E-state index in [0.29, 0.717) is 0 Å². The smallest absolute Gasteiger partial charge is 0.303 e. The average molecular weight is 245 g/mol. The van der Waals surface area contributed by atoms with E-state index in [1.807, 2.05) is 0 Å². The summed E-state index contributed by atoms with van der Waals surface area (Å²) in [5.74, 6) is -0.575. The maximum Gasteiger partial charge on any atom is 0.303 e. The summed E-state index contributed by atoms with van der Waals surface area (Å²) < 4.78 is 15.2. The van der Waals surface area contributed by atoms with Crippen LogP contribution in [0, 0.1) is 0 Å². The second-order valence-electron chi connectivity index (χ2n) is 3.71. The van der Waals surface area contributed by atoms with Crippen molar-refractivity contribution < 1.29 is 24.1 Å². The number of carbonyl (C=O) groups is 1. The highest BCUT2D eigenvalue weighted by Gasteiger charge is 2.45. The molecule has 8 nitrogen and oxygen atoms in total. The molecule has 1 N–H and O–H groups in total. The molecule has 17 heavy (non-hydrogen) atoms. The molecule has 0 aromatic heterocycles. The Bertz CT molecular complexity index is 331. The van der Waals surface area contributed by atoms with Gasteiger partial charge in [-0.15, -0.1) is 0 Å². The molecule has 0 amide bonds. The van der Waals surface area contributed by atoms with Gasteiger partial charge in [0, 0.05) is 18.9 Å². The molecule has 1 heterocycles. The monoisotopic (exact) mass is 245 g/mol. The fourth-order valence-corrected chi connectivity index (χ4v) is 1.73. The quantitative estimate of drug-likeness (QED) is 0.333. The summed E-state index contributed by atoms with van der Waals surface area (Å²) in [5.41, 5.74) is 8.40. The fraction of sp³-hybridized carbons (Fsp3) is 0.889. The first-order chi connectivity index (χ1) is 8.01. The van der Waals surface area contributed by atoms with Crippen LogP contribution in [0.1, 0.15) is 13.8 Å². The number of azide groups is 1. The second kappa shape index (κ2) is 5.83. The molecule has 0 aliphatic carbocycles. The van der Waals surface area contributed by atoms with Gasteiger partial charge < -0.3 is 19.3 Å². The maximum atomic E-state index is 10.9. The van der Waals surface area contributed by atoms with Crippen LogP contribution in [0.2, 0.25) is 0 Å². The number of methoxy groups -OCH3 is 1. The summed E-state index contributed by atoms with van der Waals surface area (Å²) >= 11 is 0. The van der Waals surface area contributed by atoms with E-state index in [1.165, 1.54) is 14.0 Å². The van der Waals surface area contributed by atoms with Crippen LogP contribution in [0.4, 0.5) is 0 Å². The molecule has 1 fully saturated rings. The molecule has 0 spiro atoms. The van der Waals surface area contributed by atoms with Crippen LogP contribution < -0.4 is 0 Å². The number of rotatable bonds is 3. The molecule has 1 aliphatic heterocycles. The van der Waals surface area contributed by atoms with E-state index in [1.54, 1.807) is 6.92 Å². The van der Waals surface area contributed by atoms with E-state index in [0.717, 1.165) is 0 Å². The maximum absolute atomic E-state index is 10.9. The summed E-state index contributed by atoms with van der Waals surface area (Å²) in [5, 5.41) is 13.4. The summed E-state index contributed by atoms with van der Waals surface area (Å²) in [7, 11) is 1.37. The van der Waals surface area contributed by atoms with Gasteiger partial charge in [-0.25, -0.2) is 0 Å². The van der Waals surface area contributed by atoms with Crippen LogP contribution in [0.25, 0.3) is 10.4 Å². The van der Waals surface area contributed by atoms with Crippen molar-refractivity contribution in [2.45, 2.75) is 44.5 Å². The van der Waals surface area contributed by atoms with Gasteiger partial charge >= 0.3 is 5.97 Å². The molecule has 0 saturated carbocycles. The van der Waals surface area contributed by atoms with E-state index in [4.69, 9.17) is 19.7 Å². The van der Waals surface area contributed by atoms with Crippen LogP contribution in [0.15, 0.2) is 5.11 Å². The minimum Gasteiger partial charge on any atom is -0.454 e. The van der Waals surface area contributed by atoms with E-state index in [2.05, 4.69) is 10.0 Å². The first-order valence-corrected chi connectivity index (χ1v) is 5.09. The molecular weight excluding hydrogens is 230 g/mol. The van der Waals surface area contributed by atoms with Crippen molar-refractivity contribution in [3.63, 3.8) is 0 Å². The minimum absolute atomic E-state index is 0.530. The normalized spacial score (nSPS) is 37.1. The number of aliphatic hydroxyl groups excluding tert-OH is 1. The first-order valence-electron chi connectivity index (χ1n) is 5.09. The van der Waals surface area contributed by atoms with Crippen molar-refractivity contribution in [3.8, 4) is 0 Å². The van der Waals surface area contributed by atoms with Crippen molar-refractivity contribution in [1.82, 2.24) is 0 Å². The lowest BCUT2D eigenvalue weighted by Crippen LogP contribution is -2.57. The fourth-order valence-electron chi connectivity index (χ4n) is 1.73. The van der Waals surface area contributed by atoms with Crippen molar-refractivity contribution in [2.75, 3.05) is 7.11 Å². The van der Waals surface area contributed by atoms with Gasteiger partial charge in [0.1, 0.15) is 6.10 Å². The molecule has 0 radical (unpaired) electrons. The highest BCUT2D eigenvalue weighted by Crippen LogP contribution is 2.26. The number of hydrogen-bond acceptors (Lipinski definition) is 6. The molecule has 0 unspecified atom stereocenters. The molecule has 0 aromatic rings. The van der Waals surface area contributed by atoms with Crippen LogP contribution in [-0.4, -0.2) is 48.8 Å². The predicted molar refractivity (Wildman–Crippen MR) is 55.8 cm³/mol. The summed E-state index contributed by atoms with van der Waals surface area (Å²) in [4.78, 5) is 13.5. The Morgan fingerprint density at radius 3 is 2.71 bits per heavy atom. The van der Waals surface area contributed by atoms with Gasteiger partial charge in [-0.3, -0.25) is 4.79 Å². The predicted octanol–water partition coefficient (Wildman–Crippen LogP) is 0.349. The zero-order chi connectivity index (χ0) is 13.0. The zero-order valence-electron chi connectivity index (χ0n) is 9.81. The second-order valence-corrected chi connectivity index (χ2v) is 3.71. The third-order valence-electron chi connectivity index (χ3n) is 2.50. The van der Waals surface area contributed by atoms with Gasteiger partial charge in [0.25, 0.3) is 0 Å². The Hall–Kier alpha value is -1.34. The SMILES string of the molecule is CO[C@H]1O[C@H](C)[C@@H](N=[N+]=[N-])[C@H](O)[C@H]1OC(C)=O. The third kappa shape index (κ3) is 3.07. The van der Waals surface area contributed by atoms with E-state index in [-0.39, 0.29) is 0 Å². The van der Waals surface area contributed by atoms with Crippen LogP contribution in [-0.2, 0) is 19.0 Å². The number of carbonyl (C=O) groups excluding carboxylic acids is 1. The van der Waals surface area contributed by atoms with Gasteiger partial charge in [-0.1, -0.05) is 5.11 Å². The number of aliphatic hydroxyl groups is 1. The molecule has 0 aromatic carbocycles. The average Bonchev–Trinajstić information content (AvgIpc) is 2.27. The van der Waals surface area contributed by atoms with Crippen LogP contribution in [0.5, 0.6) is 0 Å². The summed E-state index contributed by atoms with van der Waals surface area (Å²) in [6, 6.07) is -0.823. The van der Waals surface area contributed by atoms with Gasteiger partial charge in [0.2, 0.25) is 0 Å². The van der Waals surface area contributed by atoms with Gasteiger partial charge in [-0.2, -0.15) is 0 Å². The Morgan fingerprint density at radius 2 is 2.24 bits per heavy atom. The molecule has 96 valence electrons. The van der Waals surface area contributed by atoms with Gasteiger partial charge in [0.15, 0.2) is 12.4 Å². The number of esters is 1. The lowest BCUT2D eigenvalue weighted by atomic mass is 9.98. The number of nitrogens with zero attached hydrogens (tertiary/aromatic N) is 3.